The van der Waals surface area contributed by atoms with E-state index in [4.69, 9.17) is 0 Å². The summed E-state index contributed by atoms with van der Waals surface area (Å²) < 4.78 is 41.8. The smallest absolute Gasteiger partial charge is 0.267 e. The highest BCUT2D eigenvalue weighted by Gasteiger charge is 2.32. The first-order valence-corrected chi connectivity index (χ1v) is 9.54. The minimum absolute atomic E-state index is 0.447. The van der Waals surface area contributed by atoms with Crippen LogP contribution in [0.4, 0.5) is 13.2 Å². The molecule has 4 aromatic rings. The molecule has 0 spiro atoms. The number of aromatic nitrogens is 7. The first-order chi connectivity index (χ1) is 14.6. The van der Waals surface area contributed by atoms with Gasteiger partial charge in [0.05, 0.1) is 22.8 Å². The van der Waals surface area contributed by atoms with E-state index in [0.29, 0.717) is 23.5 Å². The van der Waals surface area contributed by atoms with Gasteiger partial charge in [0.15, 0.2) is 5.82 Å². The number of aryl methyl sites for hydroxylation is 3. The maximum absolute atomic E-state index is 12.8. The molecule has 0 aliphatic heterocycles. The van der Waals surface area contributed by atoms with Crippen LogP contribution in [0, 0.1) is 20.8 Å². The van der Waals surface area contributed by atoms with Crippen LogP contribution in [0.3, 0.4) is 0 Å². The lowest BCUT2D eigenvalue weighted by Gasteiger charge is -2.08. The van der Waals surface area contributed by atoms with Gasteiger partial charge in [0.2, 0.25) is 0 Å². The molecule has 4 aromatic heterocycles. The molecule has 0 unspecified atom stereocenters. The molecule has 0 aromatic carbocycles. The number of nitrogens with zero attached hydrogens (tertiary/aromatic N) is 7. The van der Waals surface area contributed by atoms with Crippen molar-refractivity contribution in [1.82, 2.24) is 34.5 Å². The molecule has 0 aliphatic rings. The fourth-order valence-electron chi connectivity index (χ4n) is 3.59. The van der Waals surface area contributed by atoms with Gasteiger partial charge in [0.1, 0.15) is 12.0 Å². The molecule has 0 atom stereocenters. The fourth-order valence-corrected chi connectivity index (χ4v) is 3.59. The van der Waals surface area contributed by atoms with E-state index in [9.17, 15) is 13.2 Å². The van der Waals surface area contributed by atoms with Crippen LogP contribution in [0.25, 0.3) is 17.1 Å². The summed E-state index contributed by atoms with van der Waals surface area (Å²) in [4.78, 5) is 12.2. The second kappa shape index (κ2) is 7.60. The Hall–Kier alpha value is -3.56. The Labute approximate surface area is 176 Å². The van der Waals surface area contributed by atoms with Crippen LogP contribution < -0.4 is 0 Å². The average molecular weight is 427 g/mol. The number of halogens is 3. The van der Waals surface area contributed by atoms with Crippen LogP contribution in [0.15, 0.2) is 36.8 Å². The highest BCUT2D eigenvalue weighted by atomic mass is 19.4. The Morgan fingerprint density at radius 3 is 2.35 bits per heavy atom. The Kier molecular flexibility index (Phi) is 5.08. The van der Waals surface area contributed by atoms with Gasteiger partial charge < -0.3 is 0 Å². The van der Waals surface area contributed by atoms with Crippen LogP contribution in [0.2, 0.25) is 0 Å². The molecule has 0 fully saturated rings. The van der Waals surface area contributed by atoms with E-state index < -0.39 is 11.9 Å². The van der Waals surface area contributed by atoms with Gasteiger partial charge in [-0.25, -0.2) is 14.6 Å². The van der Waals surface area contributed by atoms with E-state index in [-0.39, 0.29) is 0 Å². The number of rotatable bonds is 4. The highest BCUT2D eigenvalue weighted by molar-refractivity contribution is 5.63. The third kappa shape index (κ3) is 4.05. The highest BCUT2D eigenvalue weighted by Crippen LogP contribution is 2.30. The Balaban J connectivity index is 1.64. The molecule has 0 saturated carbocycles. The molecule has 4 heterocycles. The molecule has 7 nitrogen and oxygen atoms in total. The average Bonchev–Trinajstić information content (AvgIpc) is 3.19. The molecule has 0 radical (unpaired) electrons. The lowest BCUT2D eigenvalue weighted by Crippen LogP contribution is -2.07. The van der Waals surface area contributed by atoms with Crippen molar-refractivity contribution in [2.45, 2.75) is 33.4 Å². The molecule has 10 heteroatoms. The van der Waals surface area contributed by atoms with Crippen LogP contribution in [0.1, 0.15) is 34.0 Å². The topological polar surface area (TPSA) is 74.3 Å². The summed E-state index contributed by atoms with van der Waals surface area (Å²) in [5, 5.41) is 9.01. The summed E-state index contributed by atoms with van der Waals surface area (Å²) >= 11 is 0. The van der Waals surface area contributed by atoms with E-state index in [2.05, 4.69) is 25.1 Å². The van der Waals surface area contributed by atoms with Gasteiger partial charge in [0.25, 0.3) is 0 Å². The largest absolute Gasteiger partial charge is 0.433 e. The number of alkyl halides is 3. The minimum atomic E-state index is -4.47. The van der Waals surface area contributed by atoms with Crippen molar-refractivity contribution in [2.75, 3.05) is 0 Å². The third-order valence-corrected chi connectivity index (χ3v) is 4.99. The van der Waals surface area contributed by atoms with Crippen LogP contribution in [0.5, 0.6) is 0 Å². The molecule has 160 valence electrons. The minimum Gasteiger partial charge on any atom is -0.267 e. The van der Waals surface area contributed by atoms with Gasteiger partial charge in [-0.1, -0.05) is 0 Å². The molecule has 0 saturated heterocycles. The van der Waals surface area contributed by atoms with Gasteiger partial charge >= 0.3 is 6.18 Å². The standard InChI is InChI=1S/C21H20F3N7/c1-12-7-13(2)31(28-12)19-9-16(26-11-27-19)8-17-14(3)20(30(4)29-17)15-5-6-18(25-10-15)21(22,23)24/h5-7,9-11H,8H2,1-4H3. The normalized spacial score (nSPS) is 11.8. The van der Waals surface area contributed by atoms with Gasteiger partial charge in [-0.3, -0.25) is 9.67 Å². The van der Waals surface area contributed by atoms with Crippen molar-refractivity contribution in [3.8, 4) is 17.1 Å². The zero-order valence-corrected chi connectivity index (χ0v) is 17.4. The van der Waals surface area contributed by atoms with E-state index in [0.717, 1.165) is 34.4 Å². The lowest BCUT2D eigenvalue weighted by molar-refractivity contribution is -0.141. The Bertz CT molecular complexity index is 1240. The predicted octanol–water partition coefficient (Wildman–Crippen LogP) is 3.99. The molecule has 4 rings (SSSR count). The molecule has 0 amide bonds. The number of pyridine rings is 1. The van der Waals surface area contributed by atoms with Crippen molar-refractivity contribution in [3.05, 3.63) is 70.8 Å². The Morgan fingerprint density at radius 1 is 0.968 bits per heavy atom. The summed E-state index contributed by atoms with van der Waals surface area (Å²) in [6, 6.07) is 6.21. The van der Waals surface area contributed by atoms with E-state index in [1.54, 1.807) is 16.4 Å². The van der Waals surface area contributed by atoms with Gasteiger partial charge in [-0.15, -0.1) is 0 Å². The maximum atomic E-state index is 12.8. The summed E-state index contributed by atoms with van der Waals surface area (Å²) in [7, 11) is 1.75. The molecule has 0 bridgehead atoms. The van der Waals surface area contributed by atoms with Crippen molar-refractivity contribution in [3.63, 3.8) is 0 Å². The van der Waals surface area contributed by atoms with Gasteiger partial charge in [-0.2, -0.15) is 23.4 Å². The molecule has 0 aliphatic carbocycles. The fraction of sp³-hybridized carbons (Fsp3) is 0.286. The first kappa shape index (κ1) is 20.7. The quantitative estimate of drug-likeness (QED) is 0.492. The van der Waals surface area contributed by atoms with Crippen LogP contribution in [-0.2, 0) is 19.6 Å². The Morgan fingerprint density at radius 2 is 1.74 bits per heavy atom. The number of hydrogen-bond acceptors (Lipinski definition) is 5. The molecular formula is C21H20F3N7. The SMILES string of the molecule is Cc1cc(C)n(-c2cc(Cc3nn(C)c(-c4ccc(C(F)(F)F)nc4)c3C)ncn2)n1. The van der Waals surface area contributed by atoms with Crippen LogP contribution in [-0.4, -0.2) is 34.5 Å². The third-order valence-electron chi connectivity index (χ3n) is 4.99. The first-order valence-electron chi connectivity index (χ1n) is 9.54. The summed E-state index contributed by atoms with van der Waals surface area (Å²) in [6.07, 6.45) is -1.31. The molecular weight excluding hydrogens is 407 g/mol. The summed E-state index contributed by atoms with van der Waals surface area (Å²) in [5.41, 5.74) is 4.61. The van der Waals surface area contributed by atoms with E-state index in [1.807, 2.05) is 32.9 Å². The van der Waals surface area contributed by atoms with Crippen LogP contribution >= 0.6 is 0 Å². The summed E-state index contributed by atoms with van der Waals surface area (Å²) in [6.45, 7) is 5.76. The summed E-state index contributed by atoms with van der Waals surface area (Å²) in [5.74, 6) is 0.663. The van der Waals surface area contributed by atoms with Crippen molar-refractivity contribution >= 4 is 0 Å². The van der Waals surface area contributed by atoms with Crippen molar-refractivity contribution in [1.29, 1.82) is 0 Å². The van der Waals surface area contributed by atoms with Crippen molar-refractivity contribution < 1.29 is 13.2 Å². The number of hydrogen-bond donors (Lipinski definition) is 0. The monoisotopic (exact) mass is 427 g/mol. The molecule has 0 N–H and O–H groups in total. The van der Waals surface area contributed by atoms with Gasteiger partial charge in [0, 0.05) is 37.0 Å². The van der Waals surface area contributed by atoms with Crippen molar-refractivity contribution in [2.24, 2.45) is 7.05 Å². The predicted molar refractivity (Wildman–Crippen MR) is 108 cm³/mol. The lowest BCUT2D eigenvalue weighted by atomic mass is 10.1. The van der Waals surface area contributed by atoms with Gasteiger partial charge in [-0.05, 0) is 44.5 Å². The molecule has 31 heavy (non-hydrogen) atoms. The second-order valence-corrected chi connectivity index (χ2v) is 7.36. The maximum Gasteiger partial charge on any atom is 0.433 e. The second-order valence-electron chi connectivity index (χ2n) is 7.36. The zero-order valence-electron chi connectivity index (χ0n) is 17.4. The van der Waals surface area contributed by atoms with E-state index >= 15 is 0 Å². The van der Waals surface area contributed by atoms with E-state index in [1.165, 1.54) is 18.6 Å². The zero-order chi connectivity index (χ0) is 22.3.